The van der Waals surface area contributed by atoms with Crippen molar-refractivity contribution in [2.24, 2.45) is 0 Å². The van der Waals surface area contributed by atoms with Crippen molar-refractivity contribution in [1.29, 1.82) is 0 Å². The van der Waals surface area contributed by atoms with Gasteiger partial charge in [-0.05, 0) is 0 Å². The first-order valence-electron chi connectivity index (χ1n) is 21.5. The number of aliphatic hydroxyl groups is 19. The molecule has 6 aliphatic rings. The lowest BCUT2D eigenvalue weighted by atomic mass is 9.95. The molecular weight excluding hydrogens is 940 g/mol. The molecule has 0 spiro atoms. The molecule has 0 aromatic rings. The van der Waals surface area contributed by atoms with E-state index in [9.17, 15) is 97.0 Å². The zero-order chi connectivity index (χ0) is 50.0. The minimum atomic E-state index is -2.24. The molecule has 68 heavy (non-hydrogen) atoms. The standard InChI is InChI=1S/C37H64O31/c1-57-32-21(52)27(15(46)10(4-40)58-32)67-37-25(56)31(26(63-37)8(44)2-38)68-36-24(55)30(18(49)13(7-43)62-36)66-35-23(54)29(17(48)12(6-42)61-35)65-34-22(53)28(16(47)11(5-41)60-34)64-33-20(51)19(50)14(45)9(3-39)59-33/h8-56H,2-7H2,1H3/t8-,9?,10?,11?,12?,13?,14?,15?,16?,17?,18?,19?,20?,21?,22?,23?,24?,25?,26?,27?,28?,29?,30?,31?,32?,33?,34?,35?,36?,37?/m1/s1. The Bertz CT molecular complexity index is 1510. The Morgan fingerprint density at radius 3 is 0.912 bits per heavy atom. The zero-order valence-corrected chi connectivity index (χ0v) is 36.0. The van der Waals surface area contributed by atoms with Gasteiger partial charge in [-0.2, -0.15) is 0 Å². The van der Waals surface area contributed by atoms with E-state index in [0.29, 0.717) is 0 Å². The summed E-state index contributed by atoms with van der Waals surface area (Å²) in [6.45, 7) is -5.69. The van der Waals surface area contributed by atoms with Crippen LogP contribution in [0.3, 0.4) is 0 Å². The lowest BCUT2D eigenvalue weighted by Crippen LogP contribution is -2.68. The summed E-state index contributed by atoms with van der Waals surface area (Å²) >= 11 is 0. The Labute approximate surface area is 384 Å². The Kier molecular flexibility index (Phi) is 19.9. The minimum Gasteiger partial charge on any atom is -0.394 e. The van der Waals surface area contributed by atoms with Gasteiger partial charge in [-0.25, -0.2) is 0 Å². The zero-order valence-electron chi connectivity index (χ0n) is 36.0. The topological polar surface area (TPSA) is 495 Å². The number of methoxy groups -OCH3 is 1. The van der Waals surface area contributed by atoms with Crippen LogP contribution in [0.4, 0.5) is 0 Å². The third kappa shape index (κ3) is 11.3. The molecular formula is C37H64O31. The maximum atomic E-state index is 11.6. The van der Waals surface area contributed by atoms with Crippen molar-refractivity contribution in [2.45, 2.75) is 184 Å². The molecule has 0 radical (unpaired) electrons. The first-order chi connectivity index (χ1) is 32.3. The van der Waals surface area contributed by atoms with E-state index in [1.807, 2.05) is 0 Å². The second kappa shape index (κ2) is 24.2. The lowest BCUT2D eigenvalue weighted by Gasteiger charge is -2.49. The van der Waals surface area contributed by atoms with Gasteiger partial charge >= 0.3 is 0 Å². The van der Waals surface area contributed by atoms with Crippen LogP contribution in [-0.2, 0) is 56.8 Å². The summed E-state index contributed by atoms with van der Waals surface area (Å²) in [6, 6.07) is 0. The predicted octanol–water partition coefficient (Wildman–Crippen LogP) is -13.4. The van der Waals surface area contributed by atoms with Crippen molar-refractivity contribution in [3.05, 3.63) is 0 Å². The normalized spacial score (nSPS) is 52.0. The molecule has 30 atom stereocenters. The lowest BCUT2D eigenvalue weighted by molar-refractivity contribution is -0.392. The molecule has 6 heterocycles. The SMILES string of the molecule is COC1OC(CO)C(O)C(OC2OC([C@H](O)CO)C(OC3OC(CO)C(O)C(OC4OC(CO)C(O)C(OC5OC(CO)C(O)C(OC6OC(CO)C(O)C(O)C6O)C5O)C4O)C3O)C2O)C1O. The molecule has 0 bridgehead atoms. The van der Waals surface area contributed by atoms with Gasteiger partial charge in [0.05, 0.1) is 39.6 Å². The van der Waals surface area contributed by atoms with E-state index in [1.54, 1.807) is 0 Å². The molecule has 31 nitrogen and oxygen atoms in total. The fourth-order valence-corrected chi connectivity index (χ4v) is 8.69. The first-order valence-corrected chi connectivity index (χ1v) is 21.5. The summed E-state index contributed by atoms with van der Waals surface area (Å²) in [7, 11) is 1.14. The van der Waals surface area contributed by atoms with Crippen molar-refractivity contribution >= 4 is 0 Å². The monoisotopic (exact) mass is 1000 g/mol. The van der Waals surface area contributed by atoms with Crippen molar-refractivity contribution in [2.75, 3.05) is 46.8 Å². The predicted molar refractivity (Wildman–Crippen MR) is 204 cm³/mol. The van der Waals surface area contributed by atoms with E-state index in [4.69, 9.17) is 56.8 Å². The van der Waals surface area contributed by atoms with Crippen LogP contribution in [0.15, 0.2) is 0 Å². The molecule has 6 saturated heterocycles. The van der Waals surface area contributed by atoms with Gasteiger partial charge in [0.15, 0.2) is 37.7 Å². The molecule has 6 rings (SSSR count). The van der Waals surface area contributed by atoms with Gasteiger partial charge in [0.2, 0.25) is 0 Å². The third-order valence-corrected chi connectivity index (χ3v) is 12.6. The minimum absolute atomic E-state index is 0.768. The van der Waals surface area contributed by atoms with Gasteiger partial charge in [0.1, 0.15) is 146 Å². The molecule has 0 aromatic heterocycles. The van der Waals surface area contributed by atoms with E-state index in [0.717, 1.165) is 7.11 Å². The van der Waals surface area contributed by atoms with Crippen molar-refractivity contribution in [1.82, 2.24) is 0 Å². The highest BCUT2D eigenvalue weighted by Gasteiger charge is 2.58. The summed E-state index contributed by atoms with van der Waals surface area (Å²) < 4.78 is 66.4. The summed E-state index contributed by atoms with van der Waals surface area (Å²) in [5.41, 5.74) is 0. The molecule has 6 fully saturated rings. The Morgan fingerprint density at radius 2 is 0.588 bits per heavy atom. The highest BCUT2D eigenvalue weighted by atomic mass is 16.8. The molecule has 0 aliphatic carbocycles. The average molecular weight is 1000 g/mol. The molecule has 6 aliphatic heterocycles. The molecule has 31 heteroatoms. The molecule has 398 valence electrons. The Morgan fingerprint density at radius 1 is 0.324 bits per heavy atom. The molecule has 19 N–H and O–H groups in total. The number of ether oxygens (including phenoxy) is 12. The average Bonchev–Trinajstić information content (AvgIpc) is 3.64. The number of aliphatic hydroxyl groups excluding tert-OH is 19. The first kappa shape index (κ1) is 56.1. The van der Waals surface area contributed by atoms with Crippen LogP contribution in [0.1, 0.15) is 0 Å². The Balaban J connectivity index is 1.19. The van der Waals surface area contributed by atoms with Gasteiger partial charge in [0.25, 0.3) is 0 Å². The second-order valence-corrected chi connectivity index (χ2v) is 17.0. The largest absolute Gasteiger partial charge is 0.394 e. The van der Waals surface area contributed by atoms with Crippen molar-refractivity contribution in [3.63, 3.8) is 0 Å². The van der Waals surface area contributed by atoms with E-state index in [-0.39, 0.29) is 0 Å². The van der Waals surface area contributed by atoms with Crippen molar-refractivity contribution < 1.29 is 154 Å². The fourth-order valence-electron chi connectivity index (χ4n) is 8.69. The van der Waals surface area contributed by atoms with Crippen LogP contribution in [-0.4, -0.2) is 328 Å². The van der Waals surface area contributed by atoms with E-state index in [1.165, 1.54) is 0 Å². The number of rotatable bonds is 18. The molecule has 0 amide bonds. The smallest absolute Gasteiger partial charge is 0.187 e. The van der Waals surface area contributed by atoms with E-state index in [2.05, 4.69) is 0 Å². The van der Waals surface area contributed by atoms with Crippen LogP contribution in [0.25, 0.3) is 0 Å². The van der Waals surface area contributed by atoms with E-state index < -0.39 is 224 Å². The maximum Gasteiger partial charge on any atom is 0.187 e. The van der Waals surface area contributed by atoms with Crippen molar-refractivity contribution in [3.8, 4) is 0 Å². The van der Waals surface area contributed by atoms with Gasteiger partial charge < -0.3 is 154 Å². The van der Waals surface area contributed by atoms with E-state index >= 15 is 0 Å². The number of hydrogen-bond donors (Lipinski definition) is 19. The van der Waals surface area contributed by atoms with Gasteiger partial charge in [-0.15, -0.1) is 0 Å². The van der Waals surface area contributed by atoms with Gasteiger partial charge in [-0.1, -0.05) is 0 Å². The summed E-state index contributed by atoms with van der Waals surface area (Å²) in [4.78, 5) is 0. The second-order valence-electron chi connectivity index (χ2n) is 17.0. The summed E-state index contributed by atoms with van der Waals surface area (Å²) in [5, 5.41) is 202. The third-order valence-electron chi connectivity index (χ3n) is 12.6. The highest BCUT2D eigenvalue weighted by Crippen LogP contribution is 2.38. The van der Waals surface area contributed by atoms with Crippen LogP contribution in [0, 0.1) is 0 Å². The van der Waals surface area contributed by atoms with Crippen LogP contribution in [0.2, 0.25) is 0 Å². The van der Waals surface area contributed by atoms with Crippen LogP contribution >= 0.6 is 0 Å². The van der Waals surface area contributed by atoms with Gasteiger partial charge in [0, 0.05) is 7.11 Å². The molecule has 29 unspecified atom stereocenters. The summed E-state index contributed by atoms with van der Waals surface area (Å²) in [6.07, 6.45) is -56.6. The quantitative estimate of drug-likeness (QED) is 0.0606. The van der Waals surface area contributed by atoms with Gasteiger partial charge in [-0.3, -0.25) is 0 Å². The molecule has 0 saturated carbocycles. The number of hydrogen-bond acceptors (Lipinski definition) is 31. The summed E-state index contributed by atoms with van der Waals surface area (Å²) in [5.74, 6) is 0. The Hall–Kier alpha value is -1.24. The van der Waals surface area contributed by atoms with Crippen LogP contribution in [0.5, 0.6) is 0 Å². The highest BCUT2D eigenvalue weighted by molar-refractivity contribution is 5.00. The maximum absolute atomic E-state index is 11.6. The molecule has 0 aromatic carbocycles. The fraction of sp³-hybridized carbons (Fsp3) is 1.00. The van der Waals surface area contributed by atoms with Crippen LogP contribution < -0.4 is 0 Å².